The summed E-state index contributed by atoms with van der Waals surface area (Å²) in [4.78, 5) is 21.3. The molecule has 6 nitrogen and oxygen atoms in total. The molecule has 1 saturated carbocycles. The highest BCUT2D eigenvalue weighted by Gasteiger charge is 2.61. The van der Waals surface area contributed by atoms with Crippen LogP contribution in [-0.2, 0) is 15.0 Å². The third-order valence-corrected chi connectivity index (χ3v) is 8.43. The van der Waals surface area contributed by atoms with Gasteiger partial charge in [0.2, 0.25) is 0 Å². The number of halogens is 7. The van der Waals surface area contributed by atoms with Crippen molar-refractivity contribution in [3.05, 3.63) is 69.2 Å². The lowest BCUT2D eigenvalue weighted by molar-refractivity contribution is -0.192. The van der Waals surface area contributed by atoms with E-state index >= 15 is 8.78 Å². The quantitative estimate of drug-likeness (QED) is 0.304. The van der Waals surface area contributed by atoms with Crippen LogP contribution in [0, 0.1) is 28.4 Å². The number of nitriles is 1. The summed E-state index contributed by atoms with van der Waals surface area (Å²) in [6, 6.07) is 8.50. The molecule has 1 aliphatic carbocycles. The molecule has 0 spiro atoms. The molecular weight excluding hydrogens is 594 g/mol. The minimum Gasteiger partial charge on any atom is -0.480 e. The van der Waals surface area contributed by atoms with E-state index in [1.807, 2.05) is 0 Å². The molecule has 1 saturated heterocycles. The summed E-state index contributed by atoms with van der Waals surface area (Å²) < 4.78 is 62.5. The van der Waals surface area contributed by atoms with Gasteiger partial charge in [-0.25, -0.2) is 13.6 Å². The van der Waals surface area contributed by atoms with Crippen molar-refractivity contribution in [1.29, 1.82) is 5.26 Å². The number of carboxylic acids is 2. The highest BCUT2D eigenvalue weighted by molar-refractivity contribution is 6.31. The fourth-order valence-corrected chi connectivity index (χ4v) is 6.37. The van der Waals surface area contributed by atoms with Gasteiger partial charge >= 0.3 is 18.1 Å². The zero-order chi connectivity index (χ0) is 30.8. The normalized spacial score (nSPS) is 25.5. The average molecular weight is 621 g/mol. The van der Waals surface area contributed by atoms with Gasteiger partial charge in [-0.05, 0) is 48.4 Å². The molecule has 13 heteroatoms. The average Bonchev–Trinajstić information content (AvgIpc) is 3.20. The number of carboxylic acid groups (broad SMARTS) is 2. The molecule has 2 aromatic rings. The summed E-state index contributed by atoms with van der Waals surface area (Å²) in [7, 11) is 0. The van der Waals surface area contributed by atoms with Crippen LogP contribution >= 0.6 is 23.2 Å². The lowest BCUT2D eigenvalue weighted by atomic mass is 9.61. The van der Waals surface area contributed by atoms with E-state index in [-0.39, 0.29) is 26.6 Å². The van der Waals surface area contributed by atoms with Gasteiger partial charge in [0.05, 0.1) is 11.1 Å². The summed E-state index contributed by atoms with van der Waals surface area (Å²) in [6.07, 6.45) is 0.398. The first-order valence-electron chi connectivity index (χ1n) is 12.7. The number of nitrogens with one attached hydrogen (secondary N) is 1. The van der Waals surface area contributed by atoms with Crippen LogP contribution in [0.3, 0.4) is 0 Å². The first-order valence-corrected chi connectivity index (χ1v) is 13.4. The molecule has 0 radical (unpaired) electrons. The Morgan fingerprint density at radius 1 is 1.10 bits per heavy atom. The minimum atomic E-state index is -5.08. The van der Waals surface area contributed by atoms with E-state index in [1.54, 1.807) is 0 Å². The van der Waals surface area contributed by atoms with Crippen LogP contribution in [-0.4, -0.2) is 40.4 Å². The molecule has 2 fully saturated rings. The Labute approximate surface area is 243 Å². The van der Waals surface area contributed by atoms with Crippen molar-refractivity contribution >= 4 is 35.1 Å². The van der Waals surface area contributed by atoms with E-state index < -0.39 is 53.2 Å². The molecule has 0 amide bonds. The number of nitrogens with zero attached hydrogens (tertiary/aromatic N) is 1. The predicted molar refractivity (Wildman–Crippen MR) is 141 cm³/mol. The number of benzene rings is 2. The van der Waals surface area contributed by atoms with Gasteiger partial charge in [-0.1, -0.05) is 67.6 Å². The summed E-state index contributed by atoms with van der Waals surface area (Å²) in [5, 5.41) is 31.0. The number of hydrogen-bond acceptors (Lipinski definition) is 4. The zero-order valence-corrected chi connectivity index (χ0v) is 23.3. The summed E-state index contributed by atoms with van der Waals surface area (Å²) in [5.74, 6) is -6.75. The third kappa shape index (κ3) is 6.76. The first-order chi connectivity index (χ1) is 19.1. The van der Waals surface area contributed by atoms with Crippen molar-refractivity contribution in [3.8, 4) is 6.07 Å². The van der Waals surface area contributed by atoms with Gasteiger partial charge in [-0.3, -0.25) is 10.1 Å². The number of alkyl halides is 3. The molecule has 1 heterocycles. The molecular formula is C28H27Cl2F5N2O4. The smallest absolute Gasteiger partial charge is 0.480 e. The van der Waals surface area contributed by atoms with Gasteiger partial charge < -0.3 is 10.2 Å². The third-order valence-electron chi connectivity index (χ3n) is 7.90. The number of aliphatic carboxylic acids is 2. The molecule has 1 aliphatic heterocycles. The van der Waals surface area contributed by atoms with E-state index in [0.717, 1.165) is 38.2 Å². The van der Waals surface area contributed by atoms with E-state index in [1.165, 1.54) is 30.3 Å². The van der Waals surface area contributed by atoms with Crippen LogP contribution in [0.5, 0.6) is 0 Å². The molecule has 0 unspecified atom stereocenters. The van der Waals surface area contributed by atoms with Crippen molar-refractivity contribution in [1.82, 2.24) is 5.32 Å². The van der Waals surface area contributed by atoms with Crippen LogP contribution in [0.15, 0.2) is 36.4 Å². The van der Waals surface area contributed by atoms with Gasteiger partial charge in [0.15, 0.2) is 0 Å². The van der Waals surface area contributed by atoms with Crippen molar-refractivity contribution < 1.29 is 41.8 Å². The summed E-state index contributed by atoms with van der Waals surface area (Å²) >= 11 is 12.0. The van der Waals surface area contributed by atoms with Gasteiger partial charge in [0, 0.05) is 22.5 Å². The second-order valence-corrected chi connectivity index (χ2v) is 11.5. The molecule has 0 bridgehead atoms. The Bertz CT molecular complexity index is 1340. The zero-order valence-electron chi connectivity index (χ0n) is 21.7. The fourth-order valence-electron chi connectivity index (χ4n) is 6.03. The van der Waals surface area contributed by atoms with E-state index in [2.05, 4.69) is 18.3 Å². The summed E-state index contributed by atoms with van der Waals surface area (Å²) in [6.45, 7) is 2.12. The highest BCUT2D eigenvalue weighted by atomic mass is 35.5. The number of rotatable bonds is 5. The van der Waals surface area contributed by atoms with E-state index in [4.69, 9.17) is 33.1 Å². The molecule has 0 aromatic heterocycles. The maximum Gasteiger partial charge on any atom is 0.490 e. The number of carbonyl (C=O) groups is 2. The molecule has 3 N–H and O–H groups in total. The van der Waals surface area contributed by atoms with E-state index in [9.17, 15) is 28.3 Å². The summed E-state index contributed by atoms with van der Waals surface area (Å²) in [5.41, 5.74) is -1.89. The van der Waals surface area contributed by atoms with Crippen molar-refractivity contribution in [2.45, 2.75) is 75.0 Å². The lowest BCUT2D eigenvalue weighted by Gasteiger charge is -2.41. The molecule has 2 aromatic carbocycles. The second-order valence-electron chi connectivity index (χ2n) is 10.6. The Hall–Kier alpha value is -2.94. The fraction of sp³-hybridized carbons (Fsp3) is 0.464. The van der Waals surface area contributed by atoms with Gasteiger partial charge in [-0.2, -0.15) is 18.4 Å². The van der Waals surface area contributed by atoms with Crippen molar-refractivity contribution in [2.75, 3.05) is 0 Å². The van der Waals surface area contributed by atoms with Gasteiger partial charge in [-0.15, -0.1) is 0 Å². The Balaban J connectivity index is 0.000000587. The highest BCUT2D eigenvalue weighted by Crippen LogP contribution is 2.54. The topological polar surface area (TPSA) is 110 Å². The van der Waals surface area contributed by atoms with E-state index in [0.29, 0.717) is 6.42 Å². The molecule has 4 rings (SSSR count). The Morgan fingerprint density at radius 3 is 2.22 bits per heavy atom. The van der Waals surface area contributed by atoms with Crippen LogP contribution in [0.2, 0.25) is 10.0 Å². The maximum absolute atomic E-state index is 15.4. The van der Waals surface area contributed by atoms with Crippen molar-refractivity contribution in [2.24, 2.45) is 5.41 Å². The van der Waals surface area contributed by atoms with Crippen molar-refractivity contribution in [3.63, 3.8) is 0 Å². The first kappa shape index (κ1) is 32.6. The molecule has 2 aliphatic rings. The molecule has 4 atom stereocenters. The SMILES string of the molecule is CC1(C[C@@H]2N[C@@H](C(=O)O)[C@H](c3cccc(Cl)c3F)[C@@]2(C#N)c2ccc(Cl)cc2F)CCCCC1.O=C(O)C(F)(F)F. The van der Waals surface area contributed by atoms with Gasteiger partial charge in [0.25, 0.3) is 0 Å². The monoisotopic (exact) mass is 620 g/mol. The van der Waals surface area contributed by atoms with Crippen LogP contribution < -0.4 is 5.32 Å². The Kier molecular flexibility index (Phi) is 9.94. The molecule has 222 valence electrons. The van der Waals surface area contributed by atoms with Crippen LogP contribution in [0.25, 0.3) is 0 Å². The largest absolute Gasteiger partial charge is 0.490 e. The second kappa shape index (κ2) is 12.5. The van der Waals surface area contributed by atoms with Crippen LogP contribution in [0.4, 0.5) is 22.0 Å². The molecule has 41 heavy (non-hydrogen) atoms. The predicted octanol–water partition coefficient (Wildman–Crippen LogP) is 7.24. The number of hydrogen-bond donors (Lipinski definition) is 3. The minimum absolute atomic E-state index is 0.00411. The standard InChI is InChI=1S/C26H26Cl2F2N2O2.C2HF3O2/c1-25(10-3-2-4-11-25)13-20-26(14-31,17-9-8-15(27)12-19(17)29)21(23(32-20)24(33)34)16-6-5-7-18(28)22(16)30;3-2(4,5)1(6)7/h5-9,12,20-21,23,32H,2-4,10-11,13H2,1H3,(H,33,34);(H,6,7)/t20-,21-,23+,26-;/m0./s1. The lowest BCUT2D eigenvalue weighted by Crippen LogP contribution is -2.46. The van der Waals surface area contributed by atoms with Crippen LogP contribution in [0.1, 0.15) is 62.5 Å². The van der Waals surface area contributed by atoms with Gasteiger partial charge in [0.1, 0.15) is 23.1 Å². The Morgan fingerprint density at radius 2 is 1.71 bits per heavy atom. The maximum atomic E-state index is 15.4.